The number of nitrogens with zero attached hydrogens (tertiary/aromatic N) is 6. The van der Waals surface area contributed by atoms with E-state index in [2.05, 4.69) is 19.9 Å². The van der Waals surface area contributed by atoms with Crippen LogP contribution in [-0.2, 0) is 12.6 Å². The van der Waals surface area contributed by atoms with Gasteiger partial charge in [-0.05, 0) is 44.2 Å². The van der Waals surface area contributed by atoms with Gasteiger partial charge in [0, 0.05) is 30.2 Å². The Morgan fingerprint density at radius 3 is 2.56 bits per heavy atom. The minimum Gasteiger partial charge on any atom is -0.326 e. The first kappa shape index (κ1) is 22.6. The predicted octanol–water partition coefficient (Wildman–Crippen LogP) is 4.85. The Morgan fingerprint density at radius 1 is 1.12 bits per heavy atom. The van der Waals surface area contributed by atoms with Gasteiger partial charge in [0.05, 0.1) is 22.3 Å². The molecule has 1 amide bonds. The zero-order valence-corrected chi connectivity index (χ0v) is 19.1. The maximum Gasteiger partial charge on any atom is 0.434 e. The molecule has 34 heavy (non-hydrogen) atoms. The number of pyridine rings is 1. The molecule has 0 aliphatic carbocycles. The molecule has 0 spiro atoms. The molecule has 2 bridgehead atoms. The number of carbonyl (C=O) groups is 1. The van der Waals surface area contributed by atoms with Gasteiger partial charge in [-0.3, -0.25) is 9.78 Å². The molecule has 176 valence electrons. The molecule has 0 saturated carbocycles. The number of aryl methyl sites for hydroxylation is 1. The second-order valence-electron chi connectivity index (χ2n) is 8.64. The quantitative estimate of drug-likeness (QED) is 0.513. The fraction of sp³-hybridized carbons (Fsp3) is 0.391. The molecule has 3 aromatic rings. The van der Waals surface area contributed by atoms with Crippen LogP contribution in [0, 0.1) is 12.8 Å². The number of fused-ring (bicyclic) bond motifs is 4. The van der Waals surface area contributed by atoms with Crippen molar-refractivity contribution in [2.75, 3.05) is 0 Å². The number of rotatable bonds is 2. The normalized spacial score (nSPS) is 21.8. The Labute approximate surface area is 198 Å². The summed E-state index contributed by atoms with van der Waals surface area (Å²) in [7, 11) is 0. The molecule has 5 rings (SSSR count). The monoisotopic (exact) mass is 488 g/mol. The van der Waals surface area contributed by atoms with Crippen LogP contribution in [0.15, 0.2) is 30.7 Å². The summed E-state index contributed by atoms with van der Waals surface area (Å²) < 4.78 is 40.1. The van der Waals surface area contributed by atoms with Gasteiger partial charge in [-0.2, -0.15) is 13.2 Å². The topological polar surface area (TPSA) is 84.8 Å². The van der Waals surface area contributed by atoms with E-state index >= 15 is 0 Å². The van der Waals surface area contributed by atoms with Crippen LogP contribution in [0.2, 0.25) is 5.02 Å². The third-order valence-corrected chi connectivity index (χ3v) is 6.84. The molecule has 7 nitrogen and oxygen atoms in total. The maximum absolute atomic E-state index is 13.7. The maximum atomic E-state index is 13.7. The zero-order valence-electron chi connectivity index (χ0n) is 18.3. The molecule has 11 heteroatoms. The standard InChI is InChI=1S/C23H20ClF3N6O/c1-11-4-5-13-10-15-17(31-12(2)32-18(15)21-29-7-3-8-30-21)19(11)33(13)22(34)14-6-9-28-20(16(14)24)23(25,26)27/h3,6-9,11,13,19H,4-5,10H2,1-2H3/t11?,13-,19?/m0/s1. The molecule has 0 aromatic carbocycles. The number of aromatic nitrogens is 5. The highest BCUT2D eigenvalue weighted by Gasteiger charge is 2.47. The van der Waals surface area contributed by atoms with Gasteiger partial charge in [0.1, 0.15) is 11.5 Å². The summed E-state index contributed by atoms with van der Waals surface area (Å²) in [4.78, 5) is 36.7. The molecule has 2 unspecified atom stereocenters. The van der Waals surface area contributed by atoms with E-state index in [0.29, 0.717) is 35.9 Å². The second-order valence-corrected chi connectivity index (χ2v) is 9.02. The first-order valence-corrected chi connectivity index (χ1v) is 11.2. The van der Waals surface area contributed by atoms with Crippen LogP contribution >= 0.6 is 11.6 Å². The second kappa shape index (κ2) is 8.26. The average Bonchev–Trinajstić information content (AvgIpc) is 2.80. The molecule has 0 radical (unpaired) electrons. The fourth-order valence-electron chi connectivity index (χ4n) is 5.00. The summed E-state index contributed by atoms with van der Waals surface area (Å²) in [5.74, 6) is 0.451. The van der Waals surface area contributed by atoms with E-state index in [1.165, 1.54) is 6.07 Å². The lowest BCUT2D eigenvalue weighted by molar-refractivity contribution is -0.141. The van der Waals surface area contributed by atoms with Crippen molar-refractivity contribution in [2.45, 2.75) is 51.4 Å². The summed E-state index contributed by atoms with van der Waals surface area (Å²) in [5.41, 5.74) is 0.707. The lowest BCUT2D eigenvalue weighted by Gasteiger charge is -2.49. The number of amides is 1. The van der Waals surface area contributed by atoms with Gasteiger partial charge in [-0.15, -0.1) is 0 Å². The summed E-state index contributed by atoms with van der Waals surface area (Å²) in [6.07, 6.45) is 1.48. The number of piperidine rings is 1. The van der Waals surface area contributed by atoms with Gasteiger partial charge in [-0.1, -0.05) is 18.5 Å². The Balaban J connectivity index is 1.64. The van der Waals surface area contributed by atoms with Crippen molar-refractivity contribution in [3.05, 3.63) is 64.1 Å². The molecule has 1 fully saturated rings. The number of carbonyl (C=O) groups excluding carboxylic acids is 1. The highest BCUT2D eigenvalue weighted by molar-refractivity contribution is 6.34. The van der Waals surface area contributed by atoms with E-state index in [1.807, 2.05) is 6.92 Å². The van der Waals surface area contributed by atoms with Crippen LogP contribution in [0.4, 0.5) is 13.2 Å². The molecule has 3 atom stereocenters. The molecular formula is C23H20ClF3N6O. The minimum absolute atomic E-state index is 0.0285. The Hall–Kier alpha value is -3.14. The first-order valence-electron chi connectivity index (χ1n) is 10.9. The fourth-order valence-corrected chi connectivity index (χ4v) is 5.30. The third kappa shape index (κ3) is 3.70. The van der Waals surface area contributed by atoms with E-state index in [9.17, 15) is 18.0 Å². The molecule has 5 heterocycles. The number of alkyl halides is 3. The Morgan fingerprint density at radius 2 is 1.85 bits per heavy atom. The molecular weight excluding hydrogens is 469 g/mol. The van der Waals surface area contributed by atoms with Gasteiger partial charge >= 0.3 is 6.18 Å². The van der Waals surface area contributed by atoms with Crippen LogP contribution in [0.3, 0.4) is 0 Å². The van der Waals surface area contributed by atoms with Crippen molar-refractivity contribution in [3.63, 3.8) is 0 Å². The van der Waals surface area contributed by atoms with Crippen LogP contribution in [0.25, 0.3) is 11.5 Å². The van der Waals surface area contributed by atoms with Gasteiger partial charge < -0.3 is 4.90 Å². The van der Waals surface area contributed by atoms with Crippen molar-refractivity contribution in [3.8, 4) is 11.5 Å². The van der Waals surface area contributed by atoms with Crippen LogP contribution < -0.4 is 0 Å². The number of hydrogen-bond donors (Lipinski definition) is 0. The largest absolute Gasteiger partial charge is 0.434 e. The minimum atomic E-state index is -4.76. The van der Waals surface area contributed by atoms with E-state index < -0.39 is 28.8 Å². The van der Waals surface area contributed by atoms with Gasteiger partial charge in [0.2, 0.25) is 0 Å². The third-order valence-electron chi connectivity index (χ3n) is 6.46. The van der Waals surface area contributed by atoms with E-state index in [0.717, 1.165) is 18.2 Å². The average molecular weight is 489 g/mol. The van der Waals surface area contributed by atoms with Crippen molar-refractivity contribution >= 4 is 17.5 Å². The van der Waals surface area contributed by atoms with E-state index in [1.54, 1.807) is 30.3 Å². The summed E-state index contributed by atoms with van der Waals surface area (Å²) in [6.45, 7) is 3.77. The smallest absolute Gasteiger partial charge is 0.326 e. The molecule has 0 N–H and O–H groups in total. The summed E-state index contributed by atoms with van der Waals surface area (Å²) in [5, 5.41) is -0.686. The lowest BCUT2D eigenvalue weighted by atomic mass is 9.76. The SMILES string of the molecule is Cc1nc(-c2ncccn2)c2c(n1)C1C(C)CC[C@@H](C2)N1C(=O)c1ccnc(C(F)(F)F)c1Cl. The van der Waals surface area contributed by atoms with Crippen molar-refractivity contribution in [1.29, 1.82) is 0 Å². The van der Waals surface area contributed by atoms with Crippen molar-refractivity contribution < 1.29 is 18.0 Å². The number of halogens is 4. The lowest BCUT2D eigenvalue weighted by Crippen LogP contribution is -2.53. The van der Waals surface area contributed by atoms with Gasteiger partial charge in [0.15, 0.2) is 11.5 Å². The Kier molecular flexibility index (Phi) is 5.50. The molecule has 2 aliphatic rings. The van der Waals surface area contributed by atoms with Gasteiger partial charge in [-0.25, -0.2) is 19.9 Å². The zero-order chi connectivity index (χ0) is 24.2. The summed E-state index contributed by atoms with van der Waals surface area (Å²) in [6, 6.07) is 2.28. The van der Waals surface area contributed by atoms with Crippen molar-refractivity contribution in [2.24, 2.45) is 5.92 Å². The first-order chi connectivity index (χ1) is 16.2. The molecule has 1 saturated heterocycles. The van der Waals surface area contributed by atoms with Crippen LogP contribution in [0.1, 0.15) is 58.9 Å². The highest BCUT2D eigenvalue weighted by Crippen LogP contribution is 2.47. The predicted molar refractivity (Wildman–Crippen MR) is 117 cm³/mol. The molecule has 3 aromatic heterocycles. The molecule has 2 aliphatic heterocycles. The van der Waals surface area contributed by atoms with Gasteiger partial charge in [0.25, 0.3) is 5.91 Å². The van der Waals surface area contributed by atoms with E-state index in [-0.39, 0.29) is 17.5 Å². The van der Waals surface area contributed by atoms with Crippen molar-refractivity contribution in [1.82, 2.24) is 29.8 Å². The highest BCUT2D eigenvalue weighted by atomic mass is 35.5. The Bertz CT molecular complexity index is 1270. The van der Waals surface area contributed by atoms with Crippen LogP contribution in [0.5, 0.6) is 0 Å². The number of hydrogen-bond acceptors (Lipinski definition) is 6. The van der Waals surface area contributed by atoms with Crippen LogP contribution in [-0.4, -0.2) is 41.8 Å². The summed E-state index contributed by atoms with van der Waals surface area (Å²) >= 11 is 6.06. The van der Waals surface area contributed by atoms with E-state index in [4.69, 9.17) is 16.6 Å².